The van der Waals surface area contributed by atoms with Gasteiger partial charge >= 0.3 is 6.03 Å². The minimum Gasteiger partial charge on any atom is -0.507 e. The number of urea groups is 1. The Morgan fingerprint density at radius 3 is 2.89 bits per heavy atom. The second-order valence-corrected chi connectivity index (χ2v) is 7.18. The molecule has 0 atom stereocenters. The van der Waals surface area contributed by atoms with Crippen molar-refractivity contribution in [3.63, 3.8) is 0 Å². The van der Waals surface area contributed by atoms with Gasteiger partial charge in [-0.15, -0.1) is 0 Å². The largest absolute Gasteiger partial charge is 0.507 e. The van der Waals surface area contributed by atoms with Crippen LogP contribution >= 0.6 is 11.3 Å². The van der Waals surface area contributed by atoms with Crippen LogP contribution in [0.1, 0.15) is 5.56 Å². The number of morpholine rings is 1. The molecule has 1 saturated heterocycles. The monoisotopic (exact) mass is 397 g/mol. The molecule has 144 valence electrons. The molecule has 0 saturated carbocycles. The Balaban J connectivity index is 1.40. The molecule has 9 heteroatoms. The number of phenols is 1. The Kier molecular flexibility index (Phi) is 5.36. The number of ether oxygens (including phenoxy) is 1. The van der Waals surface area contributed by atoms with Crippen molar-refractivity contribution in [3.8, 4) is 5.75 Å². The Bertz CT molecular complexity index is 1010. The number of carbonyl (C=O) groups is 1. The van der Waals surface area contributed by atoms with Crippen molar-refractivity contribution in [2.24, 2.45) is 5.10 Å². The second kappa shape index (κ2) is 8.24. The van der Waals surface area contributed by atoms with Crippen molar-refractivity contribution in [3.05, 3.63) is 48.0 Å². The third-order valence-corrected chi connectivity index (χ3v) is 5.21. The lowest BCUT2D eigenvalue weighted by molar-refractivity contribution is 0.122. The van der Waals surface area contributed by atoms with Crippen molar-refractivity contribution in [2.75, 3.05) is 36.5 Å². The summed E-state index contributed by atoms with van der Waals surface area (Å²) in [7, 11) is 0. The molecule has 0 aliphatic carbocycles. The van der Waals surface area contributed by atoms with Gasteiger partial charge in [-0.05, 0) is 30.3 Å². The molecule has 3 N–H and O–H groups in total. The highest BCUT2D eigenvalue weighted by atomic mass is 32.1. The van der Waals surface area contributed by atoms with Gasteiger partial charge in [0.1, 0.15) is 5.75 Å². The summed E-state index contributed by atoms with van der Waals surface area (Å²) in [4.78, 5) is 18.7. The summed E-state index contributed by atoms with van der Waals surface area (Å²) in [5, 5.41) is 16.7. The second-order valence-electron chi connectivity index (χ2n) is 6.15. The van der Waals surface area contributed by atoms with Crippen LogP contribution in [0.2, 0.25) is 0 Å². The van der Waals surface area contributed by atoms with Gasteiger partial charge in [0.25, 0.3) is 0 Å². The summed E-state index contributed by atoms with van der Waals surface area (Å²) in [6.07, 6.45) is 1.38. The van der Waals surface area contributed by atoms with E-state index in [1.54, 1.807) is 24.3 Å². The highest BCUT2D eigenvalue weighted by molar-refractivity contribution is 7.22. The minimum atomic E-state index is -0.501. The van der Waals surface area contributed by atoms with Gasteiger partial charge in [-0.1, -0.05) is 23.5 Å². The van der Waals surface area contributed by atoms with Gasteiger partial charge in [-0.3, -0.25) is 5.32 Å². The number of rotatable bonds is 4. The Morgan fingerprint density at radius 2 is 2.07 bits per heavy atom. The summed E-state index contributed by atoms with van der Waals surface area (Å²) in [6, 6.07) is 12.3. The molecule has 0 radical (unpaired) electrons. The molecule has 0 spiro atoms. The Labute approximate surface area is 165 Å². The molecule has 1 aromatic heterocycles. The lowest BCUT2D eigenvalue weighted by Crippen LogP contribution is -2.36. The maximum atomic E-state index is 12.0. The number of hydrogen-bond acceptors (Lipinski definition) is 7. The number of amides is 2. The predicted molar refractivity (Wildman–Crippen MR) is 111 cm³/mol. The number of fused-ring (bicyclic) bond motifs is 1. The third-order valence-electron chi connectivity index (χ3n) is 4.28. The van der Waals surface area contributed by atoms with Crippen LogP contribution in [0.4, 0.5) is 15.6 Å². The summed E-state index contributed by atoms with van der Waals surface area (Å²) in [6.45, 7) is 3.20. The fourth-order valence-corrected chi connectivity index (χ4v) is 3.76. The molecular weight excluding hydrogens is 378 g/mol. The van der Waals surface area contributed by atoms with E-state index in [1.165, 1.54) is 17.6 Å². The molecule has 3 aromatic rings. The smallest absolute Gasteiger partial charge is 0.341 e. The van der Waals surface area contributed by atoms with Crippen molar-refractivity contribution in [1.82, 2.24) is 10.4 Å². The first-order valence-electron chi connectivity index (χ1n) is 8.80. The molecule has 0 bridgehead atoms. The summed E-state index contributed by atoms with van der Waals surface area (Å²) < 4.78 is 6.39. The van der Waals surface area contributed by atoms with E-state index >= 15 is 0 Å². The number of nitrogens with one attached hydrogen (secondary N) is 2. The van der Waals surface area contributed by atoms with E-state index < -0.39 is 6.03 Å². The van der Waals surface area contributed by atoms with Crippen LogP contribution < -0.4 is 15.6 Å². The van der Waals surface area contributed by atoms with Gasteiger partial charge in [-0.25, -0.2) is 15.2 Å². The van der Waals surface area contributed by atoms with Gasteiger partial charge in [-0.2, -0.15) is 5.10 Å². The quantitative estimate of drug-likeness (QED) is 0.464. The fourth-order valence-electron chi connectivity index (χ4n) is 2.87. The van der Waals surface area contributed by atoms with Crippen LogP contribution in [0.3, 0.4) is 0 Å². The summed E-state index contributed by atoms with van der Waals surface area (Å²) in [5.41, 5.74) is 4.84. The molecule has 4 rings (SSSR count). The maximum absolute atomic E-state index is 12.0. The molecule has 0 unspecified atom stereocenters. The van der Waals surface area contributed by atoms with Crippen LogP contribution in [-0.4, -0.2) is 48.6 Å². The average Bonchev–Trinajstić information content (AvgIpc) is 3.11. The number of nitrogens with zero attached hydrogens (tertiary/aromatic N) is 3. The molecule has 2 heterocycles. The Morgan fingerprint density at radius 1 is 1.25 bits per heavy atom. The first-order valence-corrected chi connectivity index (χ1v) is 9.62. The molecule has 28 heavy (non-hydrogen) atoms. The molecular formula is C19H19N5O3S. The molecule has 2 aromatic carbocycles. The molecule has 1 aliphatic heterocycles. The first kappa shape index (κ1) is 18.2. The molecule has 8 nitrogen and oxygen atoms in total. The van der Waals surface area contributed by atoms with Gasteiger partial charge < -0.3 is 14.7 Å². The lowest BCUT2D eigenvalue weighted by atomic mass is 10.2. The van der Waals surface area contributed by atoms with Crippen LogP contribution in [0.25, 0.3) is 10.2 Å². The van der Waals surface area contributed by atoms with Crippen molar-refractivity contribution in [1.29, 1.82) is 0 Å². The standard InChI is InChI=1S/C19H19N5O3S/c25-16-4-2-1-3-13(16)12-20-23-18(26)22-19-21-15-6-5-14(11-17(15)28-19)24-7-9-27-10-8-24/h1-6,11-12,25H,7-10H2,(H2,21,22,23,26)/b20-12+. The zero-order valence-corrected chi connectivity index (χ0v) is 15.8. The van der Waals surface area contributed by atoms with Gasteiger partial charge in [0.05, 0.1) is 29.6 Å². The zero-order valence-electron chi connectivity index (χ0n) is 15.0. The number of aromatic nitrogens is 1. The number of phenolic OH excluding ortho intramolecular Hbond substituents is 1. The highest BCUT2D eigenvalue weighted by Crippen LogP contribution is 2.30. The van der Waals surface area contributed by atoms with Crippen molar-refractivity contribution in [2.45, 2.75) is 0 Å². The third kappa shape index (κ3) is 4.21. The number of thiazole rings is 1. The van der Waals surface area contributed by atoms with E-state index in [0.29, 0.717) is 10.7 Å². The van der Waals surface area contributed by atoms with Crippen LogP contribution in [0.15, 0.2) is 47.6 Å². The Hall–Kier alpha value is -3.17. The van der Waals surface area contributed by atoms with E-state index in [-0.39, 0.29) is 5.75 Å². The summed E-state index contributed by atoms with van der Waals surface area (Å²) >= 11 is 1.40. The van der Waals surface area contributed by atoms with E-state index in [2.05, 4.69) is 31.8 Å². The van der Waals surface area contributed by atoms with Gasteiger partial charge in [0.15, 0.2) is 5.13 Å². The number of hydrogen-bond donors (Lipinski definition) is 3. The number of hydrazone groups is 1. The van der Waals surface area contributed by atoms with Crippen LogP contribution in [0, 0.1) is 0 Å². The zero-order chi connectivity index (χ0) is 19.3. The lowest BCUT2D eigenvalue weighted by Gasteiger charge is -2.28. The highest BCUT2D eigenvalue weighted by Gasteiger charge is 2.13. The number of anilines is 2. The van der Waals surface area contributed by atoms with Crippen LogP contribution in [0.5, 0.6) is 5.75 Å². The number of aromatic hydroxyl groups is 1. The topological polar surface area (TPSA) is 99.1 Å². The first-order chi connectivity index (χ1) is 13.7. The summed E-state index contributed by atoms with van der Waals surface area (Å²) in [5.74, 6) is 0.0932. The minimum absolute atomic E-state index is 0.0932. The fraction of sp³-hybridized carbons (Fsp3) is 0.211. The van der Waals surface area contributed by atoms with E-state index in [4.69, 9.17) is 4.74 Å². The number of carbonyl (C=O) groups excluding carboxylic acids is 1. The average molecular weight is 397 g/mol. The maximum Gasteiger partial charge on any atom is 0.341 e. The number of benzene rings is 2. The van der Waals surface area contributed by atoms with E-state index in [0.717, 1.165) is 42.2 Å². The molecule has 1 fully saturated rings. The van der Waals surface area contributed by atoms with E-state index in [1.807, 2.05) is 12.1 Å². The normalized spacial score (nSPS) is 14.5. The van der Waals surface area contributed by atoms with Gasteiger partial charge in [0.2, 0.25) is 0 Å². The SMILES string of the molecule is O=C(N/N=C/c1ccccc1O)Nc1nc2ccc(N3CCOCC3)cc2s1. The van der Waals surface area contributed by atoms with Crippen molar-refractivity contribution < 1.29 is 14.6 Å². The van der Waals surface area contributed by atoms with Gasteiger partial charge in [0, 0.05) is 24.3 Å². The van der Waals surface area contributed by atoms with Crippen LogP contribution in [-0.2, 0) is 4.74 Å². The van der Waals surface area contributed by atoms with Crippen molar-refractivity contribution >= 4 is 44.6 Å². The molecule has 2 amide bonds. The van der Waals surface area contributed by atoms with E-state index in [9.17, 15) is 9.90 Å². The predicted octanol–water partition coefficient (Wildman–Crippen LogP) is 2.99. The number of para-hydroxylation sites is 1. The molecule has 1 aliphatic rings.